The van der Waals surface area contributed by atoms with Crippen molar-refractivity contribution >= 4 is 43.1 Å². The smallest absolute Gasteiger partial charge is 0.149 e. The number of benzene rings is 3. The molecule has 0 aliphatic rings. The van der Waals surface area contributed by atoms with Crippen LogP contribution in [0.5, 0.6) is 0 Å². The molecule has 0 saturated heterocycles. The number of anilines is 2. The van der Waals surface area contributed by atoms with Gasteiger partial charge in [0.2, 0.25) is 0 Å². The van der Waals surface area contributed by atoms with Gasteiger partial charge < -0.3 is 9.73 Å². The molecule has 0 spiro atoms. The van der Waals surface area contributed by atoms with Crippen LogP contribution < -0.4 is 5.32 Å². The van der Waals surface area contributed by atoms with Crippen molar-refractivity contribution in [1.82, 2.24) is 24.6 Å². The first kappa shape index (κ1) is 31.4. The van der Waals surface area contributed by atoms with E-state index in [1.165, 1.54) is 24.7 Å². The molecule has 3 aromatic carbocycles. The van der Waals surface area contributed by atoms with E-state index < -0.39 is 9.84 Å². The molecule has 0 fully saturated rings. The Morgan fingerprint density at radius 2 is 1.80 bits per heavy atom. The van der Waals surface area contributed by atoms with Crippen molar-refractivity contribution < 1.29 is 17.2 Å². The van der Waals surface area contributed by atoms with Crippen molar-refractivity contribution in [3.63, 3.8) is 0 Å². The van der Waals surface area contributed by atoms with Crippen molar-refractivity contribution in [3.05, 3.63) is 102 Å². The number of sulfone groups is 1. The highest BCUT2D eigenvalue weighted by atomic mass is 32.2. The third-order valence-corrected chi connectivity index (χ3v) is 8.85. The molecule has 0 saturated carbocycles. The van der Waals surface area contributed by atoms with E-state index >= 15 is 0 Å². The van der Waals surface area contributed by atoms with Crippen LogP contribution in [-0.2, 0) is 16.4 Å². The van der Waals surface area contributed by atoms with Gasteiger partial charge in [-0.3, -0.25) is 9.58 Å². The van der Waals surface area contributed by atoms with Crippen molar-refractivity contribution in [2.75, 3.05) is 30.4 Å². The number of nitrogens with one attached hydrogen (secondary N) is 1. The Morgan fingerprint density at radius 1 is 0.978 bits per heavy atom. The molecule has 0 bridgehead atoms. The summed E-state index contributed by atoms with van der Waals surface area (Å²) in [6.45, 7) is 6.22. The fraction of sp³-hybridized carbons (Fsp3) is 0.286. The maximum absolute atomic E-state index is 13.7. The average molecular weight is 641 g/mol. The van der Waals surface area contributed by atoms with Crippen LogP contribution >= 0.6 is 0 Å². The maximum atomic E-state index is 13.7. The molecule has 3 aromatic heterocycles. The number of halogens is 1. The zero-order valence-electron chi connectivity index (χ0n) is 26.1. The summed E-state index contributed by atoms with van der Waals surface area (Å²) in [6, 6.07) is 21.7. The van der Waals surface area contributed by atoms with Crippen molar-refractivity contribution in [2.24, 2.45) is 0 Å². The zero-order chi connectivity index (χ0) is 32.3. The van der Waals surface area contributed by atoms with E-state index in [-0.39, 0.29) is 17.6 Å². The van der Waals surface area contributed by atoms with Gasteiger partial charge >= 0.3 is 0 Å². The predicted molar refractivity (Wildman–Crippen MR) is 180 cm³/mol. The Labute approximate surface area is 268 Å². The molecule has 6 rings (SSSR count). The van der Waals surface area contributed by atoms with E-state index in [1.807, 2.05) is 59.3 Å². The van der Waals surface area contributed by atoms with Gasteiger partial charge in [-0.05, 0) is 92.2 Å². The quantitative estimate of drug-likeness (QED) is 0.139. The lowest BCUT2D eigenvalue weighted by atomic mass is 10.1. The Kier molecular flexibility index (Phi) is 9.14. The van der Waals surface area contributed by atoms with E-state index in [2.05, 4.69) is 39.1 Å². The monoisotopic (exact) mass is 640 g/mol. The van der Waals surface area contributed by atoms with Gasteiger partial charge in [-0.15, -0.1) is 0 Å². The molecule has 3 heterocycles. The van der Waals surface area contributed by atoms with E-state index in [9.17, 15) is 12.8 Å². The second-order valence-corrected chi connectivity index (χ2v) is 13.8. The van der Waals surface area contributed by atoms with Crippen LogP contribution in [0.25, 0.3) is 33.1 Å². The fourth-order valence-electron chi connectivity index (χ4n) is 5.88. The number of furan rings is 1. The molecule has 0 unspecified atom stereocenters. The molecule has 11 heteroatoms. The van der Waals surface area contributed by atoms with Crippen LogP contribution in [0.4, 0.5) is 15.9 Å². The molecule has 238 valence electrons. The molecule has 1 atom stereocenters. The van der Waals surface area contributed by atoms with E-state index in [0.29, 0.717) is 23.9 Å². The summed E-state index contributed by atoms with van der Waals surface area (Å²) in [5.41, 5.74) is 4.21. The lowest BCUT2D eigenvalue weighted by Crippen LogP contribution is -2.34. The number of hydrogen-bond donors (Lipinski definition) is 1. The van der Waals surface area contributed by atoms with Crippen LogP contribution in [0.15, 0.2) is 89.7 Å². The van der Waals surface area contributed by atoms with Gasteiger partial charge in [-0.2, -0.15) is 5.10 Å². The lowest BCUT2D eigenvalue weighted by molar-refractivity contribution is 0.191. The lowest BCUT2D eigenvalue weighted by Gasteiger charge is -2.29. The molecule has 0 amide bonds. The highest BCUT2D eigenvalue weighted by molar-refractivity contribution is 7.90. The normalized spacial score (nSPS) is 12.7. The fourth-order valence-corrected chi connectivity index (χ4v) is 6.83. The van der Waals surface area contributed by atoms with Crippen LogP contribution in [0.2, 0.25) is 0 Å². The van der Waals surface area contributed by atoms with Gasteiger partial charge in [0.25, 0.3) is 0 Å². The number of hydrogen-bond acceptors (Lipinski definition) is 8. The standard InChI is InChI=1S/C35H37FN6O3S/c1-4-15-41(16-5-2)32(22-46(3,43)44)34-14-13-33(45-34)25-9-11-30-29(19-25)35(38-23-37-30)40-28-10-12-31-26(18-28)20-39-42(31)21-24-7-6-8-27(36)17-24/h6-14,17-20,23,32H,4-5,15-16,21-22H2,1-3H3,(H,37,38,40)/t32-/m1/s1. The molecule has 1 N–H and O–H groups in total. The SMILES string of the molecule is CCCN(CCC)[C@H](CS(C)(=O)=O)c1ccc(-c2ccc3ncnc(Nc4ccc5c(cnn5Cc5cccc(F)c5)c4)c3c2)o1. The minimum atomic E-state index is -3.25. The summed E-state index contributed by atoms with van der Waals surface area (Å²) in [6.07, 6.45) is 6.42. The topological polar surface area (TPSA) is 106 Å². The maximum Gasteiger partial charge on any atom is 0.149 e. The van der Waals surface area contributed by atoms with Crippen LogP contribution in [0.1, 0.15) is 44.1 Å². The molecule has 46 heavy (non-hydrogen) atoms. The summed E-state index contributed by atoms with van der Waals surface area (Å²) in [7, 11) is -3.25. The van der Waals surface area contributed by atoms with Gasteiger partial charge in [0.05, 0.1) is 35.6 Å². The predicted octanol–water partition coefficient (Wildman–Crippen LogP) is 7.38. The minimum Gasteiger partial charge on any atom is -0.459 e. The third kappa shape index (κ3) is 7.11. The van der Waals surface area contributed by atoms with Crippen molar-refractivity contribution in [2.45, 2.75) is 39.3 Å². The molecular formula is C35H37FN6O3S. The summed E-state index contributed by atoms with van der Waals surface area (Å²) < 4.78 is 46.7. The summed E-state index contributed by atoms with van der Waals surface area (Å²) >= 11 is 0. The summed E-state index contributed by atoms with van der Waals surface area (Å²) in [5.74, 6) is 1.64. The highest BCUT2D eigenvalue weighted by Gasteiger charge is 2.27. The molecule has 0 radical (unpaired) electrons. The number of rotatable bonds is 13. The Hall–Kier alpha value is -4.61. The van der Waals surface area contributed by atoms with Gasteiger partial charge in [-0.1, -0.05) is 26.0 Å². The van der Waals surface area contributed by atoms with E-state index in [0.717, 1.165) is 64.6 Å². The number of aromatic nitrogens is 4. The molecule has 6 aromatic rings. The van der Waals surface area contributed by atoms with Gasteiger partial charge in [0, 0.05) is 28.3 Å². The Morgan fingerprint density at radius 3 is 2.57 bits per heavy atom. The first-order valence-corrected chi connectivity index (χ1v) is 17.5. The van der Waals surface area contributed by atoms with Crippen LogP contribution in [-0.4, -0.2) is 58.2 Å². The molecule has 9 nitrogen and oxygen atoms in total. The highest BCUT2D eigenvalue weighted by Crippen LogP contribution is 2.33. The molecule has 0 aliphatic carbocycles. The Bertz CT molecular complexity index is 2090. The molecule has 0 aliphatic heterocycles. The first-order chi connectivity index (χ1) is 22.2. The number of fused-ring (bicyclic) bond motifs is 2. The van der Waals surface area contributed by atoms with E-state index in [1.54, 1.807) is 12.3 Å². The van der Waals surface area contributed by atoms with Gasteiger partial charge in [0.15, 0.2) is 0 Å². The first-order valence-electron chi connectivity index (χ1n) is 15.4. The van der Waals surface area contributed by atoms with Crippen LogP contribution in [0, 0.1) is 5.82 Å². The van der Waals surface area contributed by atoms with Crippen molar-refractivity contribution in [3.8, 4) is 11.3 Å². The van der Waals surface area contributed by atoms with Gasteiger partial charge in [-0.25, -0.2) is 22.8 Å². The second kappa shape index (κ2) is 13.4. The van der Waals surface area contributed by atoms with Crippen LogP contribution in [0.3, 0.4) is 0 Å². The second-order valence-electron chi connectivity index (χ2n) is 11.6. The average Bonchev–Trinajstić information content (AvgIpc) is 3.67. The van der Waals surface area contributed by atoms with Crippen molar-refractivity contribution in [1.29, 1.82) is 0 Å². The minimum absolute atomic E-state index is 0.00631. The molecular weight excluding hydrogens is 603 g/mol. The number of nitrogens with zero attached hydrogens (tertiary/aromatic N) is 5. The zero-order valence-corrected chi connectivity index (χ0v) is 27.0. The van der Waals surface area contributed by atoms with E-state index in [4.69, 9.17) is 4.42 Å². The summed E-state index contributed by atoms with van der Waals surface area (Å²) in [5, 5.41) is 9.71. The largest absolute Gasteiger partial charge is 0.459 e. The van der Waals surface area contributed by atoms with Gasteiger partial charge in [0.1, 0.15) is 39.3 Å². The third-order valence-electron chi connectivity index (χ3n) is 7.92. The summed E-state index contributed by atoms with van der Waals surface area (Å²) in [4.78, 5) is 11.2. The Balaban J connectivity index is 1.28.